The molecule has 1 atom stereocenters. The molecule has 3 heterocycles. The number of nitrogens with zero attached hydrogens (tertiary/aromatic N) is 4. The van der Waals surface area contributed by atoms with Crippen LogP contribution in [-0.4, -0.2) is 57.8 Å². The Bertz CT molecular complexity index is 1300. The second kappa shape index (κ2) is 10.5. The van der Waals surface area contributed by atoms with Gasteiger partial charge >= 0.3 is 0 Å². The molecule has 0 fully saturated rings. The quantitative estimate of drug-likeness (QED) is 0.376. The highest BCUT2D eigenvalue weighted by Crippen LogP contribution is 2.31. The molecule has 178 valence electrons. The van der Waals surface area contributed by atoms with Crippen molar-refractivity contribution in [3.8, 4) is 34.3 Å². The molecule has 5 rings (SSSR count). The SMILES string of the molecule is COc1ccc(-n2c(SCC(=O)NCC3COc4ccccc4O3)nnc2-c2ccncc2)cc1. The van der Waals surface area contributed by atoms with Gasteiger partial charge in [-0.15, -0.1) is 10.2 Å². The number of pyridine rings is 1. The van der Waals surface area contributed by atoms with Crippen LogP contribution in [0.5, 0.6) is 17.2 Å². The summed E-state index contributed by atoms with van der Waals surface area (Å²) in [6.45, 7) is 0.729. The fourth-order valence-corrected chi connectivity index (χ4v) is 4.37. The Morgan fingerprint density at radius 2 is 1.86 bits per heavy atom. The van der Waals surface area contributed by atoms with Crippen LogP contribution in [0.25, 0.3) is 17.1 Å². The first-order chi connectivity index (χ1) is 17.2. The number of methoxy groups -OCH3 is 1. The Hall–Kier alpha value is -4.05. The normalized spacial score (nSPS) is 14.4. The van der Waals surface area contributed by atoms with E-state index in [1.54, 1.807) is 19.5 Å². The van der Waals surface area contributed by atoms with E-state index >= 15 is 0 Å². The predicted molar refractivity (Wildman–Crippen MR) is 131 cm³/mol. The molecule has 0 spiro atoms. The van der Waals surface area contributed by atoms with Crippen molar-refractivity contribution in [1.29, 1.82) is 0 Å². The number of amides is 1. The minimum atomic E-state index is -0.250. The molecule has 1 aliphatic rings. The summed E-state index contributed by atoms with van der Waals surface area (Å²) in [4.78, 5) is 16.7. The van der Waals surface area contributed by atoms with Gasteiger partial charge in [0.25, 0.3) is 0 Å². The summed E-state index contributed by atoms with van der Waals surface area (Å²) in [5.74, 6) is 2.85. The lowest BCUT2D eigenvalue weighted by atomic mass is 10.2. The fourth-order valence-electron chi connectivity index (χ4n) is 3.59. The van der Waals surface area contributed by atoms with Crippen LogP contribution in [0, 0.1) is 0 Å². The first kappa shape index (κ1) is 22.7. The zero-order chi connectivity index (χ0) is 24.0. The van der Waals surface area contributed by atoms with Crippen molar-refractivity contribution in [3.63, 3.8) is 0 Å². The van der Waals surface area contributed by atoms with E-state index in [4.69, 9.17) is 14.2 Å². The molecular formula is C25H23N5O4S. The lowest BCUT2D eigenvalue weighted by Crippen LogP contribution is -2.41. The maximum Gasteiger partial charge on any atom is 0.230 e. The number of hydrogen-bond donors (Lipinski definition) is 1. The number of rotatable bonds is 8. The average Bonchev–Trinajstić information content (AvgIpc) is 3.35. The number of fused-ring (bicyclic) bond motifs is 1. The number of thioether (sulfide) groups is 1. The molecule has 1 aliphatic heterocycles. The van der Waals surface area contributed by atoms with Crippen LogP contribution in [0.1, 0.15) is 0 Å². The van der Waals surface area contributed by atoms with Crippen molar-refractivity contribution in [2.75, 3.05) is 26.0 Å². The van der Waals surface area contributed by atoms with Gasteiger partial charge in [-0.2, -0.15) is 0 Å². The Morgan fingerprint density at radius 1 is 1.09 bits per heavy atom. The maximum absolute atomic E-state index is 12.6. The van der Waals surface area contributed by atoms with Crippen LogP contribution in [0.3, 0.4) is 0 Å². The minimum Gasteiger partial charge on any atom is -0.497 e. The zero-order valence-corrected chi connectivity index (χ0v) is 19.8. The predicted octanol–water partition coefficient (Wildman–Crippen LogP) is 3.39. The maximum atomic E-state index is 12.6. The minimum absolute atomic E-state index is 0.132. The number of carbonyl (C=O) groups is 1. The number of ether oxygens (including phenoxy) is 3. The largest absolute Gasteiger partial charge is 0.497 e. The summed E-state index contributed by atoms with van der Waals surface area (Å²) in [7, 11) is 1.62. The zero-order valence-electron chi connectivity index (χ0n) is 19.0. The summed E-state index contributed by atoms with van der Waals surface area (Å²) in [5, 5.41) is 12.3. The number of benzene rings is 2. The molecule has 0 aliphatic carbocycles. The third-order valence-electron chi connectivity index (χ3n) is 5.33. The van der Waals surface area contributed by atoms with Crippen molar-refractivity contribution < 1.29 is 19.0 Å². The molecule has 0 radical (unpaired) electrons. The second-order valence-corrected chi connectivity index (χ2v) is 8.61. The van der Waals surface area contributed by atoms with Crippen molar-refractivity contribution >= 4 is 17.7 Å². The highest BCUT2D eigenvalue weighted by atomic mass is 32.2. The summed E-state index contributed by atoms with van der Waals surface area (Å²) in [6, 6.07) is 18.8. The molecule has 10 heteroatoms. The van der Waals surface area contributed by atoms with Gasteiger partial charge in [0.1, 0.15) is 18.5 Å². The van der Waals surface area contributed by atoms with E-state index in [0.717, 1.165) is 17.0 Å². The highest BCUT2D eigenvalue weighted by molar-refractivity contribution is 7.99. The Balaban J connectivity index is 1.26. The molecule has 1 unspecified atom stereocenters. The van der Waals surface area contributed by atoms with Crippen LogP contribution in [-0.2, 0) is 4.79 Å². The van der Waals surface area contributed by atoms with Crippen molar-refractivity contribution in [2.24, 2.45) is 0 Å². The lowest BCUT2D eigenvalue weighted by molar-refractivity contribution is -0.119. The molecule has 1 N–H and O–H groups in total. The number of nitrogens with one attached hydrogen (secondary N) is 1. The second-order valence-electron chi connectivity index (χ2n) is 7.67. The highest BCUT2D eigenvalue weighted by Gasteiger charge is 2.22. The standard InChI is InChI=1S/C25H23N5O4S/c1-32-19-8-6-18(7-9-19)30-24(17-10-12-26-13-11-17)28-29-25(30)35-16-23(31)27-14-20-15-33-21-4-2-3-5-22(21)34-20/h2-13,20H,14-16H2,1H3,(H,27,31). The van der Waals surface area contributed by atoms with E-state index in [1.165, 1.54) is 11.8 Å². The molecule has 35 heavy (non-hydrogen) atoms. The molecule has 0 bridgehead atoms. The fraction of sp³-hybridized carbons (Fsp3) is 0.200. The molecule has 0 saturated carbocycles. The molecule has 2 aromatic heterocycles. The van der Waals surface area contributed by atoms with Crippen LogP contribution in [0.2, 0.25) is 0 Å². The first-order valence-electron chi connectivity index (χ1n) is 11.0. The van der Waals surface area contributed by atoms with Crippen LogP contribution >= 0.6 is 11.8 Å². The van der Waals surface area contributed by atoms with Crippen molar-refractivity contribution in [2.45, 2.75) is 11.3 Å². The molecule has 2 aromatic carbocycles. The van der Waals surface area contributed by atoms with Gasteiger partial charge in [-0.25, -0.2) is 0 Å². The first-order valence-corrected chi connectivity index (χ1v) is 12.0. The number of aromatic nitrogens is 4. The van der Waals surface area contributed by atoms with Crippen molar-refractivity contribution in [1.82, 2.24) is 25.1 Å². The summed E-state index contributed by atoms with van der Waals surface area (Å²) in [5.41, 5.74) is 1.73. The number of para-hydroxylation sites is 2. The van der Waals surface area contributed by atoms with Crippen LogP contribution in [0.15, 0.2) is 78.2 Å². The molecule has 4 aromatic rings. The molecule has 0 saturated heterocycles. The smallest absolute Gasteiger partial charge is 0.230 e. The molecular weight excluding hydrogens is 466 g/mol. The average molecular weight is 490 g/mol. The Morgan fingerprint density at radius 3 is 2.63 bits per heavy atom. The van der Waals surface area contributed by atoms with E-state index in [9.17, 15) is 4.79 Å². The molecule has 1 amide bonds. The lowest BCUT2D eigenvalue weighted by Gasteiger charge is -2.26. The van der Waals surface area contributed by atoms with Crippen molar-refractivity contribution in [3.05, 3.63) is 73.1 Å². The van der Waals surface area contributed by atoms with Gasteiger partial charge in [0.2, 0.25) is 5.91 Å². The monoisotopic (exact) mass is 489 g/mol. The van der Waals surface area contributed by atoms with Crippen LogP contribution in [0.4, 0.5) is 0 Å². The van der Waals surface area contributed by atoms with Gasteiger partial charge in [0, 0.05) is 23.6 Å². The van der Waals surface area contributed by atoms with E-state index in [1.807, 2.05) is 65.2 Å². The van der Waals surface area contributed by atoms with Gasteiger partial charge < -0.3 is 19.5 Å². The van der Waals surface area contributed by atoms with Gasteiger partial charge in [-0.3, -0.25) is 14.3 Å². The van der Waals surface area contributed by atoms with Gasteiger partial charge in [0.15, 0.2) is 22.5 Å². The number of carbonyl (C=O) groups excluding carboxylic acids is 1. The van der Waals surface area contributed by atoms with Gasteiger partial charge in [-0.05, 0) is 48.5 Å². The Labute approximate surface area is 206 Å². The van der Waals surface area contributed by atoms with Gasteiger partial charge in [0.05, 0.1) is 19.4 Å². The van der Waals surface area contributed by atoms with E-state index in [0.29, 0.717) is 35.6 Å². The molecule has 9 nitrogen and oxygen atoms in total. The third-order valence-corrected chi connectivity index (χ3v) is 6.26. The summed E-state index contributed by atoms with van der Waals surface area (Å²) in [6.07, 6.45) is 3.16. The summed E-state index contributed by atoms with van der Waals surface area (Å²) < 4.78 is 18.8. The number of hydrogen-bond acceptors (Lipinski definition) is 8. The summed E-state index contributed by atoms with van der Waals surface area (Å²) >= 11 is 1.31. The van der Waals surface area contributed by atoms with E-state index in [-0.39, 0.29) is 17.8 Å². The van der Waals surface area contributed by atoms with Gasteiger partial charge in [-0.1, -0.05) is 23.9 Å². The van der Waals surface area contributed by atoms with E-state index in [2.05, 4.69) is 20.5 Å². The topological polar surface area (TPSA) is 100 Å². The Kier molecular flexibility index (Phi) is 6.80. The third kappa shape index (κ3) is 5.22. The van der Waals surface area contributed by atoms with Crippen LogP contribution < -0.4 is 19.5 Å². The van der Waals surface area contributed by atoms with E-state index < -0.39 is 0 Å².